The van der Waals surface area contributed by atoms with Gasteiger partial charge in [0, 0.05) is 5.92 Å². The van der Waals surface area contributed by atoms with E-state index in [9.17, 15) is 32.7 Å². The van der Waals surface area contributed by atoms with E-state index in [0.717, 1.165) is 22.3 Å². The molecule has 0 aliphatic heterocycles. The molecule has 0 heterocycles. The maximum atomic E-state index is 14.1. The maximum absolute atomic E-state index is 14.1. The summed E-state index contributed by atoms with van der Waals surface area (Å²) in [7, 11) is -1.05. The lowest BCUT2D eigenvalue weighted by Gasteiger charge is -2.37. The van der Waals surface area contributed by atoms with Crippen LogP contribution in [0.15, 0.2) is 72.8 Å². The van der Waals surface area contributed by atoms with Gasteiger partial charge in [0.15, 0.2) is 14.4 Å². The number of carbonyl (C=O) groups excluding carboxylic acids is 3. The van der Waals surface area contributed by atoms with E-state index in [4.69, 9.17) is 13.9 Å². The Labute approximate surface area is 309 Å². The molecule has 288 valence electrons. The van der Waals surface area contributed by atoms with Crippen molar-refractivity contribution < 1.29 is 46.6 Å². The van der Waals surface area contributed by atoms with Crippen molar-refractivity contribution in [2.24, 2.45) is 5.92 Å². The maximum Gasteiger partial charge on any atom is 0.416 e. The van der Waals surface area contributed by atoms with Crippen LogP contribution in [0.2, 0.25) is 18.1 Å². The lowest BCUT2D eigenvalue weighted by molar-refractivity contribution is -0.215. The van der Waals surface area contributed by atoms with E-state index >= 15 is 0 Å². The van der Waals surface area contributed by atoms with Gasteiger partial charge >= 0.3 is 12.3 Å². The Morgan fingerprint density at radius 2 is 1.38 bits per heavy atom. The summed E-state index contributed by atoms with van der Waals surface area (Å²) in [6, 6.07) is 17.1. The number of halogens is 3. The van der Waals surface area contributed by atoms with Gasteiger partial charge in [-0.3, -0.25) is 9.59 Å². The Bertz CT molecular complexity index is 1700. The van der Waals surface area contributed by atoms with Crippen molar-refractivity contribution in [1.82, 2.24) is 16.0 Å². The van der Waals surface area contributed by atoms with Gasteiger partial charge in [0.1, 0.15) is 24.4 Å². The van der Waals surface area contributed by atoms with E-state index < -0.39 is 62.5 Å². The predicted molar refractivity (Wildman–Crippen MR) is 198 cm³/mol. The molecule has 4 N–H and O–H groups in total. The van der Waals surface area contributed by atoms with E-state index in [-0.39, 0.29) is 29.7 Å². The SMILES string of the molecule is COc1ccc(C(NC(=O)C(CO[Si](C)(C)C(C)(C)C)NC(=O)OCC2c3ccccc3-c3ccccc32)C(=O)NC(C(C)C)C(O)C(F)(F)F)cc1. The molecule has 0 spiro atoms. The van der Waals surface area contributed by atoms with Crippen LogP contribution in [0.25, 0.3) is 11.1 Å². The van der Waals surface area contributed by atoms with Crippen molar-refractivity contribution in [3.8, 4) is 16.9 Å². The van der Waals surface area contributed by atoms with E-state index in [2.05, 4.69) is 16.0 Å². The minimum Gasteiger partial charge on any atom is -0.497 e. The van der Waals surface area contributed by atoms with E-state index in [1.54, 1.807) is 0 Å². The highest BCUT2D eigenvalue weighted by atomic mass is 28.4. The van der Waals surface area contributed by atoms with E-state index in [1.165, 1.54) is 45.2 Å². The fraction of sp³-hybridized carbons (Fsp3) is 0.462. The number of carbonyl (C=O) groups is 3. The van der Waals surface area contributed by atoms with Crippen LogP contribution in [0, 0.1) is 5.92 Å². The second-order valence-electron chi connectivity index (χ2n) is 15.1. The Balaban J connectivity index is 1.59. The third-order valence-electron chi connectivity index (χ3n) is 10.1. The molecule has 4 unspecified atom stereocenters. The number of hydrogen-bond donors (Lipinski definition) is 4. The number of fused-ring (bicyclic) bond motifs is 3. The van der Waals surface area contributed by atoms with Crippen LogP contribution in [-0.2, 0) is 18.8 Å². The van der Waals surface area contributed by atoms with Crippen LogP contribution in [0.1, 0.15) is 63.3 Å². The van der Waals surface area contributed by atoms with Crippen molar-refractivity contribution in [2.45, 2.75) is 89.1 Å². The highest BCUT2D eigenvalue weighted by molar-refractivity contribution is 6.74. The molecule has 3 aromatic rings. The molecule has 14 heteroatoms. The Kier molecular flexibility index (Phi) is 13.1. The number of aliphatic hydroxyl groups excluding tert-OH is 1. The lowest BCUT2D eigenvalue weighted by Crippen LogP contribution is -2.57. The molecular weight excluding hydrogens is 708 g/mol. The monoisotopic (exact) mass is 757 g/mol. The summed E-state index contributed by atoms with van der Waals surface area (Å²) in [4.78, 5) is 41.3. The van der Waals surface area contributed by atoms with Crippen molar-refractivity contribution in [3.63, 3.8) is 0 Å². The fourth-order valence-corrected chi connectivity index (χ4v) is 6.89. The third-order valence-corrected chi connectivity index (χ3v) is 14.6. The zero-order chi connectivity index (χ0) is 39.3. The summed E-state index contributed by atoms with van der Waals surface area (Å²) >= 11 is 0. The van der Waals surface area contributed by atoms with Crippen molar-refractivity contribution in [3.05, 3.63) is 89.5 Å². The predicted octanol–water partition coefficient (Wildman–Crippen LogP) is 6.85. The number of rotatable bonds is 14. The van der Waals surface area contributed by atoms with Crippen LogP contribution in [-0.4, -0.2) is 76.0 Å². The molecule has 0 radical (unpaired) electrons. The molecule has 53 heavy (non-hydrogen) atoms. The summed E-state index contributed by atoms with van der Waals surface area (Å²) < 4.78 is 58.0. The van der Waals surface area contributed by atoms with Gasteiger partial charge < -0.3 is 35.0 Å². The summed E-state index contributed by atoms with van der Waals surface area (Å²) in [5, 5.41) is 17.3. The molecule has 4 atom stereocenters. The Hall–Kier alpha value is -4.40. The quantitative estimate of drug-likeness (QED) is 0.132. The van der Waals surface area contributed by atoms with E-state index in [1.807, 2.05) is 82.4 Å². The van der Waals surface area contributed by atoms with Gasteiger partial charge in [-0.05, 0) is 64.0 Å². The molecular formula is C39H50F3N3O7Si. The summed E-state index contributed by atoms with van der Waals surface area (Å²) in [5.41, 5.74) is 4.30. The number of hydrogen-bond acceptors (Lipinski definition) is 7. The summed E-state index contributed by atoms with van der Waals surface area (Å²) in [5.74, 6) is -2.48. The Morgan fingerprint density at radius 3 is 1.87 bits per heavy atom. The molecule has 0 saturated carbocycles. The van der Waals surface area contributed by atoms with Crippen LogP contribution >= 0.6 is 0 Å². The van der Waals surface area contributed by atoms with Crippen molar-refractivity contribution >= 4 is 26.2 Å². The van der Waals surface area contributed by atoms with Gasteiger partial charge in [-0.15, -0.1) is 0 Å². The average Bonchev–Trinajstić information content (AvgIpc) is 3.42. The normalized spacial score (nSPS) is 15.4. The topological polar surface area (TPSA) is 135 Å². The fourth-order valence-electron chi connectivity index (χ4n) is 5.87. The standard InChI is InChI=1S/C39H50F3N3O7Si/c1-23(2)32(34(46)39(40,41)42)44-36(48)33(24-17-19-25(50-6)20-18-24)45-35(47)31(22-52-53(7,8)38(3,4)5)43-37(49)51-21-30-28-15-11-9-13-26(28)27-14-10-12-16-29(27)30/h9-20,23,30-34,46H,21-22H2,1-8H3,(H,43,49)(H,44,48)(H,45,47). The largest absolute Gasteiger partial charge is 0.497 e. The van der Waals surface area contributed by atoms with Gasteiger partial charge in [0.25, 0.3) is 0 Å². The first-order chi connectivity index (χ1) is 24.7. The molecule has 0 bridgehead atoms. The van der Waals surface area contributed by atoms with Crippen LogP contribution in [0.4, 0.5) is 18.0 Å². The molecule has 0 saturated heterocycles. The number of aliphatic hydroxyl groups is 1. The van der Waals surface area contributed by atoms with Gasteiger partial charge in [-0.2, -0.15) is 13.2 Å². The second-order valence-corrected chi connectivity index (χ2v) is 19.9. The highest BCUT2D eigenvalue weighted by Gasteiger charge is 2.46. The van der Waals surface area contributed by atoms with Gasteiger partial charge in [-0.25, -0.2) is 4.79 Å². The molecule has 1 aliphatic rings. The third kappa shape index (κ3) is 9.98. The summed E-state index contributed by atoms with van der Waals surface area (Å²) in [6.45, 7) is 12.5. The van der Waals surface area contributed by atoms with Crippen molar-refractivity contribution in [2.75, 3.05) is 20.3 Å². The van der Waals surface area contributed by atoms with Crippen LogP contribution in [0.3, 0.4) is 0 Å². The molecule has 10 nitrogen and oxygen atoms in total. The second kappa shape index (κ2) is 16.7. The van der Waals surface area contributed by atoms with Crippen molar-refractivity contribution in [1.29, 1.82) is 0 Å². The molecule has 4 rings (SSSR count). The zero-order valence-corrected chi connectivity index (χ0v) is 32.3. The number of amides is 3. The molecule has 3 aromatic carbocycles. The number of methoxy groups -OCH3 is 1. The minimum atomic E-state index is -5.01. The van der Waals surface area contributed by atoms with Gasteiger partial charge in [-0.1, -0.05) is 95.3 Å². The van der Waals surface area contributed by atoms with Crippen LogP contribution in [0.5, 0.6) is 5.75 Å². The van der Waals surface area contributed by atoms with Gasteiger partial charge in [0.2, 0.25) is 11.8 Å². The molecule has 3 amide bonds. The molecule has 0 fully saturated rings. The van der Waals surface area contributed by atoms with Gasteiger partial charge in [0.05, 0.1) is 19.8 Å². The molecule has 1 aliphatic carbocycles. The molecule has 0 aromatic heterocycles. The van der Waals surface area contributed by atoms with E-state index in [0.29, 0.717) is 5.75 Å². The lowest BCUT2D eigenvalue weighted by atomic mass is 9.96. The zero-order valence-electron chi connectivity index (χ0n) is 31.3. The number of ether oxygens (including phenoxy) is 2. The Morgan fingerprint density at radius 1 is 0.830 bits per heavy atom. The minimum absolute atomic E-state index is 0.0215. The number of alkyl halides is 3. The first-order valence-corrected chi connectivity index (χ1v) is 20.4. The first-order valence-electron chi connectivity index (χ1n) is 17.5. The summed E-state index contributed by atoms with van der Waals surface area (Å²) in [6.07, 6.45) is -8.77. The number of alkyl carbamates (subject to hydrolysis) is 1. The first kappa shape index (κ1) is 41.4. The van der Waals surface area contributed by atoms with Crippen LogP contribution < -0.4 is 20.7 Å². The smallest absolute Gasteiger partial charge is 0.416 e. The highest BCUT2D eigenvalue weighted by Crippen LogP contribution is 2.44. The average molecular weight is 758 g/mol. The number of nitrogens with one attached hydrogen (secondary N) is 3. The number of benzene rings is 3.